The van der Waals surface area contributed by atoms with Gasteiger partial charge in [-0.2, -0.15) is 0 Å². The Hall–Kier alpha value is 0.260. The van der Waals surface area contributed by atoms with Gasteiger partial charge in [0.15, 0.2) is 0 Å². The van der Waals surface area contributed by atoms with E-state index in [0.717, 1.165) is 6.42 Å². The van der Waals surface area contributed by atoms with E-state index < -0.39 is 0 Å². The second-order valence-corrected chi connectivity index (χ2v) is 5.28. The van der Waals surface area contributed by atoms with Crippen LogP contribution >= 0.6 is 46.0 Å². The lowest BCUT2D eigenvalue weighted by Gasteiger charge is -2.04. The minimum absolute atomic E-state index is 0.268. The second-order valence-electron chi connectivity index (χ2n) is 2.81. The first-order valence-electron chi connectivity index (χ1n) is 4.14. The van der Waals surface area contributed by atoms with Crippen molar-refractivity contribution in [1.29, 1.82) is 0 Å². The largest absolute Gasteiger partial charge is 0.281 e. The monoisotopic (exact) mass is 340 g/mol. The molecule has 0 bridgehead atoms. The fourth-order valence-electron chi connectivity index (χ4n) is 1.10. The molecule has 0 aliphatic rings. The van der Waals surface area contributed by atoms with Gasteiger partial charge >= 0.3 is 0 Å². The predicted molar refractivity (Wildman–Crippen MR) is 70.1 cm³/mol. The average molecular weight is 341 g/mol. The van der Waals surface area contributed by atoms with Gasteiger partial charge in [0.2, 0.25) is 5.24 Å². The van der Waals surface area contributed by atoms with Crippen molar-refractivity contribution in [3.8, 4) is 0 Å². The number of thioether (sulfide) groups is 1. The Bertz CT molecular complexity index is 341. The van der Waals surface area contributed by atoms with Gasteiger partial charge in [-0.1, -0.05) is 0 Å². The van der Waals surface area contributed by atoms with E-state index >= 15 is 0 Å². The molecule has 4 heteroatoms. The average Bonchev–Trinajstić information content (AvgIpc) is 2.16. The molecule has 0 N–H and O–H groups in total. The number of aryl methyl sites for hydroxylation is 1. The maximum atomic E-state index is 10.6. The molecule has 0 atom stereocenters. The van der Waals surface area contributed by atoms with Gasteiger partial charge in [-0.15, -0.1) is 11.8 Å². The van der Waals surface area contributed by atoms with Crippen LogP contribution in [0.5, 0.6) is 0 Å². The van der Waals surface area contributed by atoms with E-state index in [0.29, 0.717) is 6.42 Å². The lowest BCUT2D eigenvalue weighted by atomic mass is 10.1. The van der Waals surface area contributed by atoms with Crippen molar-refractivity contribution >= 4 is 51.2 Å². The molecule has 76 valence electrons. The first-order chi connectivity index (χ1) is 6.63. The van der Waals surface area contributed by atoms with Gasteiger partial charge in [0.25, 0.3) is 0 Å². The lowest BCUT2D eigenvalue weighted by Crippen LogP contribution is -1.94. The van der Waals surface area contributed by atoms with Crippen molar-refractivity contribution in [1.82, 2.24) is 0 Å². The third kappa shape index (κ3) is 3.79. The predicted octanol–water partition coefficient (Wildman–Crippen LogP) is 3.71. The number of benzene rings is 1. The zero-order chi connectivity index (χ0) is 10.6. The minimum Gasteiger partial charge on any atom is -0.281 e. The van der Waals surface area contributed by atoms with E-state index in [1.807, 2.05) is 6.26 Å². The Morgan fingerprint density at radius 2 is 2.29 bits per heavy atom. The molecule has 0 saturated carbocycles. The third-order valence-electron chi connectivity index (χ3n) is 1.84. The van der Waals surface area contributed by atoms with Crippen LogP contribution in [0.3, 0.4) is 0 Å². The van der Waals surface area contributed by atoms with E-state index in [-0.39, 0.29) is 5.24 Å². The molecule has 0 unspecified atom stereocenters. The molecule has 0 spiro atoms. The first kappa shape index (κ1) is 12.3. The number of rotatable bonds is 4. The molecule has 1 aromatic rings. The summed E-state index contributed by atoms with van der Waals surface area (Å²) in [6, 6.07) is 6.27. The Balaban J connectivity index is 2.78. The van der Waals surface area contributed by atoms with Gasteiger partial charge in [-0.25, -0.2) is 0 Å². The lowest BCUT2D eigenvalue weighted by molar-refractivity contribution is -0.111. The molecule has 0 heterocycles. The quantitative estimate of drug-likeness (QED) is 0.472. The van der Waals surface area contributed by atoms with Crippen LogP contribution in [-0.2, 0) is 11.2 Å². The molecule has 1 nitrogen and oxygen atoms in total. The van der Waals surface area contributed by atoms with E-state index in [1.165, 1.54) is 14.0 Å². The molecule has 0 aliphatic carbocycles. The molecule has 0 fully saturated rings. The molecule has 0 amide bonds. The van der Waals surface area contributed by atoms with Crippen molar-refractivity contribution in [2.75, 3.05) is 6.26 Å². The molecule has 0 aliphatic heterocycles. The Morgan fingerprint density at radius 3 is 2.86 bits per heavy atom. The highest BCUT2D eigenvalue weighted by molar-refractivity contribution is 14.1. The van der Waals surface area contributed by atoms with Gasteiger partial charge in [0, 0.05) is 14.9 Å². The Morgan fingerprint density at radius 1 is 1.57 bits per heavy atom. The highest BCUT2D eigenvalue weighted by Crippen LogP contribution is 2.22. The van der Waals surface area contributed by atoms with Crippen LogP contribution in [0.2, 0.25) is 0 Å². The summed E-state index contributed by atoms with van der Waals surface area (Å²) in [6.45, 7) is 0. The standard InChI is InChI=1S/C10H10ClIOS/c1-14-8-3-4-9(12)7(6-8)2-5-10(11)13/h3-4,6H,2,5H2,1H3. The van der Waals surface area contributed by atoms with E-state index in [4.69, 9.17) is 11.6 Å². The number of hydrogen-bond acceptors (Lipinski definition) is 2. The Kier molecular flexibility index (Phi) is 5.26. The maximum absolute atomic E-state index is 10.6. The number of halogens is 2. The molecular weight excluding hydrogens is 331 g/mol. The number of carbonyl (C=O) groups is 1. The molecular formula is C10H10ClIOS. The molecule has 14 heavy (non-hydrogen) atoms. The third-order valence-corrected chi connectivity index (χ3v) is 3.81. The van der Waals surface area contributed by atoms with E-state index in [2.05, 4.69) is 40.8 Å². The van der Waals surface area contributed by atoms with Crippen molar-refractivity contribution < 1.29 is 4.79 Å². The van der Waals surface area contributed by atoms with Gasteiger partial charge in [-0.3, -0.25) is 4.79 Å². The van der Waals surface area contributed by atoms with Crippen LogP contribution in [0.4, 0.5) is 0 Å². The second kappa shape index (κ2) is 5.98. The smallest absolute Gasteiger partial charge is 0.221 e. The summed E-state index contributed by atoms with van der Waals surface area (Å²) < 4.78 is 1.19. The van der Waals surface area contributed by atoms with Crippen LogP contribution < -0.4 is 0 Å². The van der Waals surface area contributed by atoms with Crippen molar-refractivity contribution in [2.45, 2.75) is 17.7 Å². The normalized spacial score (nSPS) is 10.2. The summed E-state index contributed by atoms with van der Waals surface area (Å²) in [5.41, 5.74) is 1.20. The fraction of sp³-hybridized carbons (Fsp3) is 0.300. The molecule has 1 aromatic carbocycles. The fourth-order valence-corrected chi connectivity index (χ4v) is 2.27. The SMILES string of the molecule is CSc1ccc(I)c(CCC(=O)Cl)c1. The zero-order valence-corrected chi connectivity index (χ0v) is 11.4. The van der Waals surface area contributed by atoms with Gasteiger partial charge in [0.05, 0.1) is 0 Å². The summed E-state index contributed by atoms with van der Waals surface area (Å²) in [7, 11) is 0. The number of carbonyl (C=O) groups excluding carboxylic acids is 1. The van der Waals surface area contributed by atoms with Crippen LogP contribution in [0.25, 0.3) is 0 Å². The van der Waals surface area contributed by atoms with Gasteiger partial charge in [-0.05, 0) is 70.6 Å². The van der Waals surface area contributed by atoms with Crippen LogP contribution in [0.1, 0.15) is 12.0 Å². The summed E-state index contributed by atoms with van der Waals surface area (Å²) in [4.78, 5) is 11.9. The summed E-state index contributed by atoms with van der Waals surface area (Å²) in [6.07, 6.45) is 3.18. The first-order valence-corrected chi connectivity index (χ1v) is 6.82. The summed E-state index contributed by atoms with van der Waals surface area (Å²) in [5, 5.41) is -0.268. The molecule has 0 aromatic heterocycles. The zero-order valence-electron chi connectivity index (χ0n) is 7.72. The molecule has 0 radical (unpaired) electrons. The summed E-state index contributed by atoms with van der Waals surface area (Å²) in [5.74, 6) is 0. The van der Waals surface area contributed by atoms with Crippen molar-refractivity contribution in [3.63, 3.8) is 0 Å². The number of hydrogen-bond donors (Lipinski definition) is 0. The van der Waals surface area contributed by atoms with Crippen molar-refractivity contribution in [2.24, 2.45) is 0 Å². The van der Waals surface area contributed by atoms with Crippen LogP contribution in [-0.4, -0.2) is 11.5 Å². The van der Waals surface area contributed by atoms with Crippen LogP contribution in [0.15, 0.2) is 23.1 Å². The Labute approximate surface area is 107 Å². The highest BCUT2D eigenvalue weighted by atomic mass is 127. The van der Waals surface area contributed by atoms with E-state index in [1.54, 1.807) is 11.8 Å². The van der Waals surface area contributed by atoms with Crippen LogP contribution in [0, 0.1) is 3.57 Å². The molecule has 1 rings (SSSR count). The minimum atomic E-state index is -0.268. The van der Waals surface area contributed by atoms with Crippen molar-refractivity contribution in [3.05, 3.63) is 27.3 Å². The molecule has 0 saturated heterocycles. The highest BCUT2D eigenvalue weighted by Gasteiger charge is 2.03. The van der Waals surface area contributed by atoms with E-state index in [9.17, 15) is 4.79 Å². The topological polar surface area (TPSA) is 17.1 Å². The summed E-state index contributed by atoms with van der Waals surface area (Å²) >= 11 is 9.29. The maximum Gasteiger partial charge on any atom is 0.221 e. The van der Waals surface area contributed by atoms with Gasteiger partial charge in [0.1, 0.15) is 0 Å². The van der Waals surface area contributed by atoms with Gasteiger partial charge < -0.3 is 0 Å².